The number of nitrogens with one attached hydrogen (secondary N) is 2. The van der Waals surface area contributed by atoms with Crippen LogP contribution >= 0.6 is 0 Å². The van der Waals surface area contributed by atoms with Crippen molar-refractivity contribution in [1.82, 2.24) is 10.3 Å². The van der Waals surface area contributed by atoms with Crippen molar-refractivity contribution in [3.05, 3.63) is 36.0 Å². The highest BCUT2D eigenvalue weighted by atomic mass is 16.4. The molecule has 0 aliphatic heterocycles. The molecular weight excluding hydrogens is 256 g/mol. The fourth-order valence-electron chi connectivity index (χ4n) is 2.21. The molecule has 0 spiro atoms. The van der Waals surface area contributed by atoms with E-state index in [0.717, 1.165) is 17.3 Å². The largest absolute Gasteiger partial charge is 0.481 e. The minimum absolute atomic E-state index is 0.0423. The lowest BCUT2D eigenvalue weighted by molar-refractivity contribution is -0.138. The Hall–Kier alpha value is -2.30. The number of carboxylic acid groups (broad SMARTS) is 1. The van der Waals surface area contributed by atoms with Crippen LogP contribution in [0.15, 0.2) is 30.5 Å². The molecule has 0 saturated carbocycles. The molecule has 1 aromatic heterocycles. The molecular formula is C15H18N2O3. The number of carbonyl (C=O) groups is 2. The molecule has 2 aromatic rings. The number of aliphatic carboxylic acids is 1. The van der Waals surface area contributed by atoms with Crippen molar-refractivity contribution in [2.45, 2.75) is 19.8 Å². The van der Waals surface area contributed by atoms with E-state index in [1.807, 2.05) is 25.1 Å². The summed E-state index contributed by atoms with van der Waals surface area (Å²) in [5.74, 6) is -1.06. The second kappa shape index (κ2) is 6.23. The van der Waals surface area contributed by atoms with Gasteiger partial charge in [-0.25, -0.2) is 0 Å². The third-order valence-electron chi connectivity index (χ3n) is 3.42. The van der Waals surface area contributed by atoms with Gasteiger partial charge in [-0.05, 0) is 18.1 Å². The van der Waals surface area contributed by atoms with Crippen LogP contribution < -0.4 is 5.32 Å². The zero-order valence-corrected chi connectivity index (χ0v) is 11.3. The van der Waals surface area contributed by atoms with Crippen molar-refractivity contribution in [1.29, 1.82) is 0 Å². The summed E-state index contributed by atoms with van der Waals surface area (Å²) in [7, 11) is 0. The van der Waals surface area contributed by atoms with Gasteiger partial charge in [0.05, 0.1) is 11.1 Å². The number of carboxylic acids is 1. The van der Waals surface area contributed by atoms with E-state index in [1.54, 1.807) is 12.3 Å². The highest BCUT2D eigenvalue weighted by molar-refractivity contribution is 6.05. The van der Waals surface area contributed by atoms with Gasteiger partial charge in [-0.3, -0.25) is 9.59 Å². The van der Waals surface area contributed by atoms with Gasteiger partial charge in [0, 0.05) is 24.5 Å². The van der Waals surface area contributed by atoms with Gasteiger partial charge in [0.15, 0.2) is 0 Å². The molecule has 0 bridgehead atoms. The average Bonchev–Trinajstić information content (AvgIpc) is 2.90. The summed E-state index contributed by atoms with van der Waals surface area (Å²) >= 11 is 0. The lowest BCUT2D eigenvalue weighted by atomic mass is 10.0. The number of amides is 1. The molecule has 106 valence electrons. The van der Waals surface area contributed by atoms with Crippen LogP contribution in [0.4, 0.5) is 0 Å². The number of hydrogen-bond donors (Lipinski definition) is 3. The van der Waals surface area contributed by atoms with Crippen molar-refractivity contribution in [2.75, 3.05) is 6.54 Å². The Kier molecular flexibility index (Phi) is 4.40. The highest BCUT2D eigenvalue weighted by Gasteiger charge is 2.15. The number of rotatable bonds is 6. The Morgan fingerprint density at radius 2 is 2.15 bits per heavy atom. The number of fused-ring (bicyclic) bond motifs is 1. The van der Waals surface area contributed by atoms with Gasteiger partial charge in [0.1, 0.15) is 0 Å². The van der Waals surface area contributed by atoms with Gasteiger partial charge >= 0.3 is 5.97 Å². The van der Waals surface area contributed by atoms with Crippen LogP contribution in [0.3, 0.4) is 0 Å². The van der Waals surface area contributed by atoms with Crippen molar-refractivity contribution >= 4 is 22.8 Å². The molecule has 2 rings (SSSR count). The van der Waals surface area contributed by atoms with Crippen molar-refractivity contribution < 1.29 is 14.7 Å². The number of hydrogen-bond acceptors (Lipinski definition) is 2. The molecule has 0 fully saturated rings. The van der Waals surface area contributed by atoms with Crippen LogP contribution in [0.2, 0.25) is 0 Å². The summed E-state index contributed by atoms with van der Waals surface area (Å²) in [6, 6.07) is 7.43. The molecule has 5 heteroatoms. The van der Waals surface area contributed by atoms with Gasteiger partial charge in [0.2, 0.25) is 0 Å². The molecule has 0 aliphatic carbocycles. The van der Waals surface area contributed by atoms with Crippen molar-refractivity contribution in [3.8, 4) is 0 Å². The van der Waals surface area contributed by atoms with E-state index in [1.165, 1.54) is 0 Å². The first-order chi connectivity index (χ1) is 9.61. The first kappa shape index (κ1) is 14.1. The summed E-state index contributed by atoms with van der Waals surface area (Å²) < 4.78 is 0. The first-order valence-corrected chi connectivity index (χ1v) is 6.68. The third-order valence-corrected chi connectivity index (χ3v) is 3.42. The Balaban J connectivity index is 2.05. The van der Waals surface area contributed by atoms with E-state index in [0.29, 0.717) is 12.1 Å². The summed E-state index contributed by atoms with van der Waals surface area (Å²) in [4.78, 5) is 25.9. The minimum atomic E-state index is -0.836. The lowest BCUT2D eigenvalue weighted by Gasteiger charge is -2.13. The normalized spacial score (nSPS) is 12.2. The summed E-state index contributed by atoms with van der Waals surface area (Å²) in [6.45, 7) is 2.30. The summed E-state index contributed by atoms with van der Waals surface area (Å²) in [5, 5.41) is 12.6. The number of H-pyrrole nitrogens is 1. The molecule has 0 radical (unpaired) electrons. The Morgan fingerprint density at radius 1 is 1.35 bits per heavy atom. The number of para-hydroxylation sites is 1. The molecule has 1 atom stereocenters. The second-order valence-electron chi connectivity index (χ2n) is 4.83. The van der Waals surface area contributed by atoms with Gasteiger partial charge < -0.3 is 15.4 Å². The number of aromatic amines is 1. The Labute approximate surface area is 117 Å². The maximum absolute atomic E-state index is 12.2. The maximum atomic E-state index is 12.2. The minimum Gasteiger partial charge on any atom is -0.481 e. The Morgan fingerprint density at radius 3 is 2.85 bits per heavy atom. The standard InChI is InChI=1S/C15H18N2O3/c1-2-10(8-13(18)19)9-17-15(20)12-5-3-4-11-6-7-16-14(11)12/h3-7,10,16H,2,8-9H2,1H3,(H,17,20)(H,18,19). The van der Waals surface area contributed by atoms with Crippen LogP contribution in [-0.2, 0) is 4.79 Å². The SMILES string of the molecule is CCC(CNC(=O)c1cccc2cc[nH]c12)CC(=O)O. The van der Waals surface area contributed by atoms with E-state index in [9.17, 15) is 9.59 Å². The van der Waals surface area contributed by atoms with E-state index < -0.39 is 5.97 Å². The zero-order chi connectivity index (χ0) is 14.5. The van der Waals surface area contributed by atoms with Crippen molar-refractivity contribution in [2.24, 2.45) is 5.92 Å². The summed E-state index contributed by atoms with van der Waals surface area (Å²) in [5.41, 5.74) is 1.38. The van der Waals surface area contributed by atoms with E-state index >= 15 is 0 Å². The monoisotopic (exact) mass is 274 g/mol. The third kappa shape index (κ3) is 3.17. The average molecular weight is 274 g/mol. The Bertz CT molecular complexity index is 618. The smallest absolute Gasteiger partial charge is 0.303 e. The predicted molar refractivity (Wildman–Crippen MR) is 76.7 cm³/mol. The fraction of sp³-hybridized carbons (Fsp3) is 0.333. The summed E-state index contributed by atoms with van der Waals surface area (Å²) in [6.07, 6.45) is 2.59. The van der Waals surface area contributed by atoms with Gasteiger partial charge in [-0.1, -0.05) is 25.5 Å². The molecule has 5 nitrogen and oxygen atoms in total. The topological polar surface area (TPSA) is 82.2 Å². The lowest BCUT2D eigenvalue weighted by Crippen LogP contribution is -2.30. The maximum Gasteiger partial charge on any atom is 0.303 e. The molecule has 3 N–H and O–H groups in total. The molecule has 20 heavy (non-hydrogen) atoms. The van der Waals surface area contributed by atoms with Crippen LogP contribution in [0.1, 0.15) is 30.1 Å². The molecule has 1 aromatic carbocycles. The van der Waals surface area contributed by atoms with E-state index in [2.05, 4.69) is 10.3 Å². The number of carbonyl (C=O) groups excluding carboxylic acids is 1. The molecule has 1 amide bonds. The quantitative estimate of drug-likeness (QED) is 0.756. The van der Waals surface area contributed by atoms with E-state index in [-0.39, 0.29) is 18.2 Å². The fourth-order valence-corrected chi connectivity index (χ4v) is 2.21. The van der Waals surface area contributed by atoms with Crippen LogP contribution in [0.5, 0.6) is 0 Å². The second-order valence-corrected chi connectivity index (χ2v) is 4.83. The predicted octanol–water partition coefficient (Wildman–Crippen LogP) is 2.40. The van der Waals surface area contributed by atoms with Crippen LogP contribution in [0, 0.1) is 5.92 Å². The zero-order valence-electron chi connectivity index (χ0n) is 11.3. The first-order valence-electron chi connectivity index (χ1n) is 6.68. The highest BCUT2D eigenvalue weighted by Crippen LogP contribution is 2.17. The number of benzene rings is 1. The number of aromatic nitrogens is 1. The van der Waals surface area contributed by atoms with E-state index in [4.69, 9.17) is 5.11 Å². The van der Waals surface area contributed by atoms with Crippen LogP contribution in [-0.4, -0.2) is 28.5 Å². The van der Waals surface area contributed by atoms with Gasteiger partial charge in [-0.2, -0.15) is 0 Å². The van der Waals surface area contributed by atoms with Crippen LogP contribution in [0.25, 0.3) is 10.9 Å². The molecule has 1 unspecified atom stereocenters. The molecule has 1 heterocycles. The van der Waals surface area contributed by atoms with Gasteiger partial charge in [0.25, 0.3) is 5.91 Å². The van der Waals surface area contributed by atoms with Gasteiger partial charge in [-0.15, -0.1) is 0 Å². The van der Waals surface area contributed by atoms with Crippen molar-refractivity contribution in [3.63, 3.8) is 0 Å². The molecule has 0 aliphatic rings. The molecule has 0 saturated heterocycles.